The van der Waals surface area contributed by atoms with Gasteiger partial charge in [0.05, 0.1) is 24.5 Å². The number of rotatable bonds is 8. The summed E-state index contributed by atoms with van der Waals surface area (Å²) in [6.07, 6.45) is 3.70. The van der Waals surface area contributed by atoms with Crippen molar-refractivity contribution in [3.05, 3.63) is 24.2 Å². The van der Waals surface area contributed by atoms with Crippen LogP contribution in [-0.4, -0.2) is 28.5 Å². The molecule has 1 saturated carbocycles. The first-order valence-electron chi connectivity index (χ1n) is 6.63. The number of hydrogen-bond donors (Lipinski definition) is 2. The summed E-state index contributed by atoms with van der Waals surface area (Å²) < 4.78 is 5.22. The monoisotopic (exact) mass is 297 g/mol. The van der Waals surface area contributed by atoms with E-state index in [1.165, 1.54) is 11.8 Å². The zero-order valence-electron chi connectivity index (χ0n) is 11.4. The maximum Gasteiger partial charge on any atom is 0.303 e. The SMILES string of the molecule is CC(NC(=O)CSCC1(CC(=O)O)CC1)c1ccco1. The predicted molar refractivity (Wildman–Crippen MR) is 76.5 cm³/mol. The molecule has 1 aromatic heterocycles. The van der Waals surface area contributed by atoms with E-state index in [-0.39, 0.29) is 23.8 Å². The number of carbonyl (C=O) groups excluding carboxylic acids is 1. The highest BCUT2D eigenvalue weighted by molar-refractivity contribution is 7.99. The van der Waals surface area contributed by atoms with E-state index in [1.807, 2.05) is 13.0 Å². The molecule has 6 heteroatoms. The third-order valence-electron chi connectivity index (χ3n) is 3.47. The van der Waals surface area contributed by atoms with Gasteiger partial charge in [-0.05, 0) is 43.1 Å². The van der Waals surface area contributed by atoms with E-state index in [2.05, 4.69) is 5.32 Å². The second kappa shape index (κ2) is 6.35. The minimum atomic E-state index is -0.751. The zero-order valence-corrected chi connectivity index (χ0v) is 12.2. The normalized spacial score (nSPS) is 17.4. The van der Waals surface area contributed by atoms with Crippen molar-refractivity contribution >= 4 is 23.6 Å². The highest BCUT2D eigenvalue weighted by Crippen LogP contribution is 2.50. The first-order valence-corrected chi connectivity index (χ1v) is 7.79. The van der Waals surface area contributed by atoms with Gasteiger partial charge in [0.25, 0.3) is 0 Å². The minimum Gasteiger partial charge on any atom is -0.481 e. The van der Waals surface area contributed by atoms with Gasteiger partial charge in [0, 0.05) is 0 Å². The van der Waals surface area contributed by atoms with E-state index >= 15 is 0 Å². The molecule has 0 radical (unpaired) electrons. The van der Waals surface area contributed by atoms with Gasteiger partial charge in [-0.2, -0.15) is 11.8 Å². The van der Waals surface area contributed by atoms with Gasteiger partial charge in [-0.25, -0.2) is 0 Å². The fourth-order valence-electron chi connectivity index (χ4n) is 2.12. The third kappa shape index (κ3) is 4.30. The Morgan fingerprint density at radius 1 is 1.55 bits per heavy atom. The van der Waals surface area contributed by atoms with Crippen LogP contribution in [0.5, 0.6) is 0 Å². The van der Waals surface area contributed by atoms with Crippen LogP contribution in [0, 0.1) is 5.41 Å². The molecule has 1 fully saturated rings. The van der Waals surface area contributed by atoms with Gasteiger partial charge in [-0.3, -0.25) is 9.59 Å². The van der Waals surface area contributed by atoms with E-state index in [4.69, 9.17) is 9.52 Å². The Kier molecular flexibility index (Phi) is 4.75. The van der Waals surface area contributed by atoms with Crippen molar-refractivity contribution < 1.29 is 19.1 Å². The summed E-state index contributed by atoms with van der Waals surface area (Å²) in [5, 5.41) is 11.7. The fourth-order valence-corrected chi connectivity index (χ4v) is 3.32. The largest absolute Gasteiger partial charge is 0.481 e. The maximum atomic E-state index is 11.8. The van der Waals surface area contributed by atoms with Crippen molar-refractivity contribution in [1.29, 1.82) is 0 Å². The van der Waals surface area contributed by atoms with Crippen molar-refractivity contribution in [3.63, 3.8) is 0 Å². The Bertz CT molecular complexity index is 468. The summed E-state index contributed by atoms with van der Waals surface area (Å²) in [6, 6.07) is 3.46. The Morgan fingerprint density at radius 2 is 2.30 bits per heavy atom. The van der Waals surface area contributed by atoms with Gasteiger partial charge in [0.15, 0.2) is 0 Å². The molecule has 1 aliphatic carbocycles. The number of aliphatic carboxylic acids is 1. The van der Waals surface area contributed by atoms with Crippen LogP contribution < -0.4 is 5.32 Å². The van der Waals surface area contributed by atoms with Crippen LogP contribution in [0.15, 0.2) is 22.8 Å². The fraction of sp³-hybridized carbons (Fsp3) is 0.571. The molecule has 0 saturated heterocycles. The van der Waals surface area contributed by atoms with E-state index in [0.717, 1.165) is 24.4 Å². The lowest BCUT2D eigenvalue weighted by molar-refractivity contribution is -0.138. The molecule has 0 spiro atoms. The van der Waals surface area contributed by atoms with Gasteiger partial charge in [-0.1, -0.05) is 0 Å². The number of amides is 1. The molecule has 0 bridgehead atoms. The van der Waals surface area contributed by atoms with Crippen LogP contribution in [0.3, 0.4) is 0 Å². The summed E-state index contributed by atoms with van der Waals surface area (Å²) in [4.78, 5) is 22.5. The van der Waals surface area contributed by atoms with E-state index in [0.29, 0.717) is 5.75 Å². The van der Waals surface area contributed by atoms with Crippen LogP contribution in [0.1, 0.15) is 38.0 Å². The summed E-state index contributed by atoms with van der Waals surface area (Å²) in [6.45, 7) is 1.87. The molecule has 2 rings (SSSR count). The highest BCUT2D eigenvalue weighted by atomic mass is 32.2. The molecule has 1 atom stereocenters. The Morgan fingerprint density at radius 3 is 2.85 bits per heavy atom. The first kappa shape index (κ1) is 15.0. The molecule has 0 aromatic carbocycles. The van der Waals surface area contributed by atoms with Gasteiger partial charge >= 0.3 is 5.97 Å². The highest BCUT2D eigenvalue weighted by Gasteiger charge is 2.44. The molecule has 2 N–H and O–H groups in total. The topological polar surface area (TPSA) is 79.5 Å². The van der Waals surface area contributed by atoms with Gasteiger partial charge in [0.2, 0.25) is 5.91 Å². The van der Waals surface area contributed by atoms with Crippen LogP contribution in [0.4, 0.5) is 0 Å². The Labute approximate surface area is 122 Å². The number of thioether (sulfide) groups is 1. The standard InChI is InChI=1S/C14H19NO4S/c1-10(11-3-2-6-19-11)15-12(16)8-20-9-14(4-5-14)7-13(17)18/h2-3,6,10H,4-5,7-9H2,1H3,(H,15,16)(H,17,18). The number of furan rings is 1. The number of carboxylic acids is 1. The Hall–Kier alpha value is -1.43. The molecule has 1 heterocycles. The summed E-state index contributed by atoms with van der Waals surface area (Å²) in [5.74, 6) is 1.02. The van der Waals surface area contributed by atoms with E-state index < -0.39 is 5.97 Å². The smallest absolute Gasteiger partial charge is 0.303 e. The average molecular weight is 297 g/mol. The third-order valence-corrected chi connectivity index (χ3v) is 4.76. The van der Waals surface area contributed by atoms with Crippen molar-refractivity contribution in [2.75, 3.05) is 11.5 Å². The minimum absolute atomic E-state index is 0.0509. The molecule has 110 valence electrons. The van der Waals surface area contributed by atoms with Crippen molar-refractivity contribution in [1.82, 2.24) is 5.32 Å². The van der Waals surface area contributed by atoms with Crippen molar-refractivity contribution in [2.45, 2.75) is 32.2 Å². The van der Waals surface area contributed by atoms with Crippen molar-refractivity contribution in [3.8, 4) is 0 Å². The second-order valence-electron chi connectivity index (χ2n) is 5.37. The van der Waals surface area contributed by atoms with E-state index in [1.54, 1.807) is 12.3 Å². The molecule has 1 aliphatic rings. The lowest BCUT2D eigenvalue weighted by Crippen LogP contribution is -2.28. The molecule has 0 aliphatic heterocycles. The maximum absolute atomic E-state index is 11.8. The molecule has 1 unspecified atom stereocenters. The van der Waals surface area contributed by atoms with Gasteiger partial charge < -0.3 is 14.8 Å². The van der Waals surface area contributed by atoms with Gasteiger partial charge in [0.1, 0.15) is 5.76 Å². The quantitative estimate of drug-likeness (QED) is 0.770. The van der Waals surface area contributed by atoms with Crippen LogP contribution in [0.2, 0.25) is 0 Å². The summed E-state index contributed by atoms with van der Waals surface area (Å²) >= 11 is 1.51. The molecular formula is C14H19NO4S. The zero-order chi connectivity index (χ0) is 14.6. The number of carbonyl (C=O) groups is 2. The Balaban J connectivity index is 1.67. The molecular weight excluding hydrogens is 278 g/mol. The number of hydrogen-bond acceptors (Lipinski definition) is 4. The molecule has 5 nitrogen and oxygen atoms in total. The van der Waals surface area contributed by atoms with Crippen LogP contribution >= 0.6 is 11.8 Å². The van der Waals surface area contributed by atoms with E-state index in [9.17, 15) is 9.59 Å². The number of nitrogens with one attached hydrogen (secondary N) is 1. The predicted octanol–water partition coefficient (Wildman–Crippen LogP) is 2.44. The van der Waals surface area contributed by atoms with Gasteiger partial charge in [-0.15, -0.1) is 0 Å². The lowest BCUT2D eigenvalue weighted by Gasteiger charge is -2.13. The molecule has 20 heavy (non-hydrogen) atoms. The van der Waals surface area contributed by atoms with Crippen LogP contribution in [0.25, 0.3) is 0 Å². The molecule has 1 aromatic rings. The lowest BCUT2D eigenvalue weighted by atomic mass is 10.1. The molecule has 1 amide bonds. The summed E-state index contributed by atoms with van der Waals surface area (Å²) in [5.41, 5.74) is -0.0661. The first-order chi connectivity index (χ1) is 9.51. The summed E-state index contributed by atoms with van der Waals surface area (Å²) in [7, 11) is 0. The van der Waals surface area contributed by atoms with Crippen LogP contribution in [-0.2, 0) is 9.59 Å². The second-order valence-corrected chi connectivity index (χ2v) is 6.35. The average Bonchev–Trinajstić information content (AvgIpc) is 2.92. The van der Waals surface area contributed by atoms with Crippen molar-refractivity contribution in [2.24, 2.45) is 5.41 Å². The number of carboxylic acid groups (broad SMARTS) is 1.